The summed E-state index contributed by atoms with van der Waals surface area (Å²) in [6, 6.07) is 0. The van der Waals surface area contributed by atoms with Crippen LogP contribution >= 0.6 is 26.8 Å². The molecule has 0 bridgehead atoms. The Balaban J connectivity index is 0.000000377. The molecule has 0 aromatic rings. The molecule has 2 fully saturated rings. The minimum Gasteiger partial charge on any atom is -0.312 e. The summed E-state index contributed by atoms with van der Waals surface area (Å²) >= 11 is 5.04. The van der Waals surface area contributed by atoms with Crippen molar-refractivity contribution in [1.82, 2.24) is 0 Å². The molecule has 148 valence electrons. The van der Waals surface area contributed by atoms with Crippen LogP contribution in [0.15, 0.2) is 0 Å². The minimum atomic E-state index is -3.10. The van der Waals surface area contributed by atoms with Crippen LogP contribution < -0.4 is 0 Å². The van der Waals surface area contributed by atoms with E-state index in [-0.39, 0.29) is 29.0 Å². The smallest absolute Gasteiger partial charge is 0.312 e. The fraction of sp³-hybridized carbons (Fsp3) is 0.857. The average molecular weight is 421 g/mol. The van der Waals surface area contributed by atoms with Gasteiger partial charge in [0.1, 0.15) is 11.9 Å². The molecular weight excluding hydrogens is 394 g/mol. The van der Waals surface area contributed by atoms with E-state index in [4.69, 9.17) is 11.6 Å². The van der Waals surface area contributed by atoms with Crippen molar-refractivity contribution in [1.29, 1.82) is 0 Å². The standard InChI is InChI=1S/C7H13O4P.C4H5ClO.C3H9O3P/c1-10-12(9,11-2)5-7(8)6-3-4-6;5-4(6)3-1-2-3;1-5-7(3,4)6-2/h6H,3-5H2,1-2H3;3H,1-2H2;1-3H3. The van der Waals surface area contributed by atoms with Crippen LogP contribution in [0.25, 0.3) is 0 Å². The Morgan fingerprint density at radius 3 is 1.44 bits per heavy atom. The second kappa shape index (κ2) is 11.6. The molecule has 0 radical (unpaired) electrons. The number of Topliss-reactive ketones (excluding diaryl/α,β-unsaturated/α-hetero) is 1. The average Bonchev–Trinajstić information content (AvgIpc) is 3.45. The number of hydrogen-bond acceptors (Lipinski definition) is 8. The highest BCUT2D eigenvalue weighted by atomic mass is 35.5. The van der Waals surface area contributed by atoms with Gasteiger partial charge >= 0.3 is 15.2 Å². The van der Waals surface area contributed by atoms with Crippen molar-refractivity contribution in [3.63, 3.8) is 0 Å². The van der Waals surface area contributed by atoms with E-state index in [1.807, 2.05) is 0 Å². The summed E-state index contributed by atoms with van der Waals surface area (Å²) in [6.07, 6.45) is 3.80. The first kappa shape index (κ1) is 24.9. The first-order valence-corrected chi connectivity index (χ1v) is 11.7. The number of ketones is 1. The fourth-order valence-corrected chi connectivity index (χ4v) is 2.73. The molecule has 0 spiro atoms. The molecule has 0 aromatic carbocycles. The molecule has 0 aromatic heterocycles. The van der Waals surface area contributed by atoms with Gasteiger partial charge in [-0.1, -0.05) is 0 Å². The van der Waals surface area contributed by atoms with Gasteiger partial charge in [-0.05, 0) is 37.3 Å². The van der Waals surface area contributed by atoms with Crippen molar-refractivity contribution < 1.29 is 36.8 Å². The molecule has 0 atom stereocenters. The number of carbonyl (C=O) groups excluding carboxylic acids is 2. The molecular formula is C14H27ClO8P2. The van der Waals surface area contributed by atoms with Crippen LogP contribution in [0, 0.1) is 11.8 Å². The topological polar surface area (TPSA) is 105 Å². The summed E-state index contributed by atoms with van der Waals surface area (Å²) < 4.78 is 40.1. The van der Waals surface area contributed by atoms with Gasteiger partial charge < -0.3 is 18.1 Å². The zero-order valence-corrected chi connectivity index (χ0v) is 17.8. The molecule has 2 saturated carbocycles. The predicted molar refractivity (Wildman–Crippen MR) is 95.4 cm³/mol. The normalized spacial score (nSPS) is 16.9. The van der Waals surface area contributed by atoms with Gasteiger partial charge in [0.05, 0.1) is 0 Å². The van der Waals surface area contributed by atoms with Crippen molar-refractivity contribution in [2.75, 3.05) is 41.3 Å². The van der Waals surface area contributed by atoms with Crippen molar-refractivity contribution >= 4 is 37.8 Å². The van der Waals surface area contributed by atoms with Crippen molar-refractivity contribution in [2.45, 2.75) is 25.7 Å². The molecule has 0 unspecified atom stereocenters. The van der Waals surface area contributed by atoms with Gasteiger partial charge in [0.2, 0.25) is 5.24 Å². The van der Waals surface area contributed by atoms with E-state index in [1.54, 1.807) is 0 Å². The summed E-state index contributed by atoms with van der Waals surface area (Å²) in [4.78, 5) is 21.2. The summed E-state index contributed by atoms with van der Waals surface area (Å²) in [6.45, 7) is 1.41. The molecule has 2 rings (SSSR count). The molecule has 0 aliphatic heterocycles. The number of rotatable bonds is 8. The van der Waals surface area contributed by atoms with E-state index in [9.17, 15) is 18.7 Å². The van der Waals surface area contributed by atoms with Crippen LogP contribution in [0.5, 0.6) is 0 Å². The van der Waals surface area contributed by atoms with E-state index in [2.05, 4.69) is 18.1 Å². The van der Waals surface area contributed by atoms with Gasteiger partial charge in [-0.25, -0.2) is 0 Å². The first-order chi connectivity index (χ1) is 11.5. The van der Waals surface area contributed by atoms with E-state index < -0.39 is 15.2 Å². The number of carbonyl (C=O) groups is 2. The van der Waals surface area contributed by atoms with Gasteiger partial charge in [0.25, 0.3) is 0 Å². The van der Waals surface area contributed by atoms with Gasteiger partial charge in [-0.2, -0.15) is 0 Å². The van der Waals surface area contributed by atoms with E-state index in [0.29, 0.717) is 0 Å². The van der Waals surface area contributed by atoms with Crippen molar-refractivity contribution in [3.8, 4) is 0 Å². The highest BCUT2D eigenvalue weighted by molar-refractivity contribution is 7.54. The Bertz CT molecular complexity index is 515. The van der Waals surface area contributed by atoms with Crippen molar-refractivity contribution in [3.05, 3.63) is 0 Å². The summed E-state index contributed by atoms with van der Waals surface area (Å²) in [5.74, 6) is 0.345. The maximum atomic E-state index is 11.4. The Morgan fingerprint density at radius 2 is 1.28 bits per heavy atom. The van der Waals surface area contributed by atoms with Crippen LogP contribution in [0.1, 0.15) is 25.7 Å². The van der Waals surface area contributed by atoms with Gasteiger partial charge in [-0.15, -0.1) is 0 Å². The molecule has 25 heavy (non-hydrogen) atoms. The van der Waals surface area contributed by atoms with E-state index >= 15 is 0 Å². The Morgan fingerprint density at radius 1 is 0.880 bits per heavy atom. The SMILES string of the molecule is COP(=O)(CC(=O)C1CC1)OC.COP(C)(=O)OC.O=C(Cl)C1CC1. The van der Waals surface area contributed by atoms with Crippen LogP contribution in [0.3, 0.4) is 0 Å². The van der Waals surface area contributed by atoms with Gasteiger partial charge in [0.15, 0.2) is 0 Å². The Labute approximate surface area is 153 Å². The molecule has 2 aliphatic rings. The van der Waals surface area contributed by atoms with Crippen LogP contribution in [0.4, 0.5) is 0 Å². The van der Waals surface area contributed by atoms with Crippen LogP contribution in [-0.2, 0) is 36.8 Å². The second-order valence-corrected chi connectivity index (χ2v) is 10.5. The lowest BCUT2D eigenvalue weighted by Gasteiger charge is -2.11. The van der Waals surface area contributed by atoms with Crippen molar-refractivity contribution in [2.24, 2.45) is 11.8 Å². The zero-order chi connectivity index (χ0) is 19.7. The Hall–Kier alpha value is -0.0700. The first-order valence-electron chi connectivity index (χ1n) is 7.65. The minimum absolute atomic E-state index is 0.00188. The Kier molecular flexibility index (Phi) is 11.6. The lowest BCUT2D eigenvalue weighted by atomic mass is 10.3. The third-order valence-corrected chi connectivity index (χ3v) is 6.95. The van der Waals surface area contributed by atoms with Gasteiger partial charge in [0, 0.05) is 46.9 Å². The quantitative estimate of drug-likeness (QED) is 0.432. The third kappa shape index (κ3) is 12.0. The van der Waals surface area contributed by atoms with E-state index in [1.165, 1.54) is 35.1 Å². The summed E-state index contributed by atoms with van der Waals surface area (Å²) in [5.41, 5.74) is 0. The zero-order valence-electron chi connectivity index (χ0n) is 15.2. The second-order valence-electron chi connectivity index (χ2n) is 5.59. The maximum absolute atomic E-state index is 11.4. The molecule has 11 heteroatoms. The van der Waals surface area contributed by atoms with Gasteiger partial charge in [-0.3, -0.25) is 18.7 Å². The molecule has 0 N–H and O–H groups in total. The molecule has 8 nitrogen and oxygen atoms in total. The lowest BCUT2D eigenvalue weighted by molar-refractivity contribution is -0.118. The number of hydrogen-bond donors (Lipinski definition) is 0. The van der Waals surface area contributed by atoms with E-state index in [0.717, 1.165) is 25.7 Å². The fourth-order valence-electron chi connectivity index (χ4n) is 1.31. The largest absolute Gasteiger partial charge is 0.337 e. The summed E-state index contributed by atoms with van der Waals surface area (Å²) in [5, 5.41) is -0.157. The summed E-state index contributed by atoms with van der Waals surface area (Å²) in [7, 11) is -0.460. The third-order valence-electron chi connectivity index (χ3n) is 3.50. The highest BCUT2D eigenvalue weighted by Crippen LogP contribution is 2.48. The monoisotopic (exact) mass is 420 g/mol. The lowest BCUT2D eigenvalue weighted by Crippen LogP contribution is -2.09. The number of halogens is 1. The molecule has 0 saturated heterocycles. The highest BCUT2D eigenvalue weighted by Gasteiger charge is 2.35. The molecule has 0 heterocycles. The maximum Gasteiger partial charge on any atom is 0.337 e. The molecule has 0 amide bonds. The van der Waals surface area contributed by atoms with Crippen LogP contribution in [-0.4, -0.2) is 52.3 Å². The predicted octanol–water partition coefficient (Wildman–Crippen LogP) is 3.72. The molecule has 2 aliphatic carbocycles. The van der Waals surface area contributed by atoms with Crippen LogP contribution in [0.2, 0.25) is 0 Å².